The zero-order valence-corrected chi connectivity index (χ0v) is 13.3. The highest BCUT2D eigenvalue weighted by Gasteiger charge is 2.08. The Kier molecular flexibility index (Phi) is 3.96. The highest BCUT2D eigenvalue weighted by Crippen LogP contribution is 2.17. The Balaban J connectivity index is 1.37. The fourth-order valence-electron chi connectivity index (χ4n) is 2.54. The fourth-order valence-corrected chi connectivity index (χ4v) is 2.54. The molecule has 0 fully saturated rings. The maximum absolute atomic E-state index is 12.1. The lowest BCUT2D eigenvalue weighted by Gasteiger charge is -2.06. The standard InChI is InChI=1S/C18H15N5O2/c24-18(11-23-17-4-2-1-3-16(17)21-22-23)20-10-13-5-6-15(19-9-13)14-7-8-25-12-14/h1-9,12H,10-11H2,(H,20,24). The summed E-state index contributed by atoms with van der Waals surface area (Å²) in [5, 5.41) is 10.9. The van der Waals surface area contributed by atoms with Gasteiger partial charge in [-0.05, 0) is 29.8 Å². The summed E-state index contributed by atoms with van der Waals surface area (Å²) >= 11 is 0. The van der Waals surface area contributed by atoms with E-state index < -0.39 is 0 Å². The Bertz CT molecular complexity index is 990. The normalized spacial score (nSPS) is 10.9. The molecule has 25 heavy (non-hydrogen) atoms. The molecule has 0 atom stereocenters. The summed E-state index contributed by atoms with van der Waals surface area (Å²) in [7, 11) is 0. The second-order valence-corrected chi connectivity index (χ2v) is 5.58. The van der Waals surface area contributed by atoms with Crippen molar-refractivity contribution in [2.45, 2.75) is 13.1 Å². The molecule has 3 aromatic heterocycles. The van der Waals surface area contributed by atoms with Crippen molar-refractivity contribution in [2.24, 2.45) is 0 Å². The number of rotatable bonds is 5. The summed E-state index contributed by atoms with van der Waals surface area (Å²) in [6, 6.07) is 13.2. The second-order valence-electron chi connectivity index (χ2n) is 5.58. The largest absolute Gasteiger partial charge is 0.472 e. The maximum atomic E-state index is 12.1. The van der Waals surface area contributed by atoms with E-state index in [9.17, 15) is 4.79 Å². The van der Waals surface area contributed by atoms with Crippen LogP contribution in [0.1, 0.15) is 5.56 Å². The van der Waals surface area contributed by atoms with Gasteiger partial charge in [-0.3, -0.25) is 9.78 Å². The van der Waals surface area contributed by atoms with Crippen LogP contribution < -0.4 is 5.32 Å². The van der Waals surface area contributed by atoms with Crippen LogP contribution in [-0.4, -0.2) is 25.9 Å². The summed E-state index contributed by atoms with van der Waals surface area (Å²) in [6.07, 6.45) is 5.00. The van der Waals surface area contributed by atoms with Crippen LogP contribution in [0.25, 0.3) is 22.3 Å². The first-order chi connectivity index (χ1) is 12.3. The maximum Gasteiger partial charge on any atom is 0.242 e. The van der Waals surface area contributed by atoms with Gasteiger partial charge in [-0.15, -0.1) is 5.10 Å². The van der Waals surface area contributed by atoms with Crippen LogP contribution in [0.4, 0.5) is 0 Å². The molecule has 4 rings (SSSR count). The first-order valence-electron chi connectivity index (χ1n) is 7.82. The van der Waals surface area contributed by atoms with E-state index in [0.717, 1.165) is 27.9 Å². The van der Waals surface area contributed by atoms with E-state index in [0.29, 0.717) is 6.54 Å². The van der Waals surface area contributed by atoms with E-state index in [4.69, 9.17) is 4.42 Å². The predicted molar refractivity (Wildman–Crippen MR) is 91.3 cm³/mol. The van der Waals surface area contributed by atoms with Gasteiger partial charge in [0, 0.05) is 18.3 Å². The van der Waals surface area contributed by atoms with Crippen molar-refractivity contribution in [3.63, 3.8) is 0 Å². The number of carbonyl (C=O) groups is 1. The van der Waals surface area contributed by atoms with Gasteiger partial charge < -0.3 is 9.73 Å². The van der Waals surface area contributed by atoms with Gasteiger partial charge in [-0.25, -0.2) is 4.68 Å². The number of nitrogens with zero attached hydrogens (tertiary/aromatic N) is 4. The van der Waals surface area contributed by atoms with Crippen molar-refractivity contribution >= 4 is 16.9 Å². The number of carbonyl (C=O) groups excluding carboxylic acids is 1. The van der Waals surface area contributed by atoms with E-state index in [1.165, 1.54) is 0 Å². The number of para-hydroxylation sites is 1. The SMILES string of the molecule is O=C(Cn1nnc2ccccc21)NCc1ccc(-c2ccoc2)nc1. The summed E-state index contributed by atoms with van der Waals surface area (Å²) in [5.41, 5.74) is 4.29. The lowest BCUT2D eigenvalue weighted by Crippen LogP contribution is -2.27. The Hall–Kier alpha value is -3.48. The molecule has 1 aromatic carbocycles. The average Bonchev–Trinajstić information content (AvgIpc) is 3.31. The van der Waals surface area contributed by atoms with Gasteiger partial charge in [-0.2, -0.15) is 0 Å². The number of nitrogens with one attached hydrogen (secondary N) is 1. The summed E-state index contributed by atoms with van der Waals surface area (Å²) in [6.45, 7) is 0.533. The van der Waals surface area contributed by atoms with Gasteiger partial charge in [0.25, 0.3) is 0 Å². The van der Waals surface area contributed by atoms with Crippen LogP contribution in [-0.2, 0) is 17.9 Å². The lowest BCUT2D eigenvalue weighted by atomic mass is 10.2. The van der Waals surface area contributed by atoms with Gasteiger partial charge in [-0.1, -0.05) is 23.4 Å². The van der Waals surface area contributed by atoms with Crippen LogP contribution in [0.2, 0.25) is 0 Å². The second kappa shape index (κ2) is 6.56. The molecule has 0 aliphatic carbocycles. The molecular formula is C18H15N5O2. The molecule has 7 heteroatoms. The molecular weight excluding hydrogens is 318 g/mol. The molecule has 0 unspecified atom stereocenters. The number of furan rings is 1. The third-order valence-electron chi connectivity index (χ3n) is 3.84. The predicted octanol–water partition coefficient (Wildman–Crippen LogP) is 2.40. The minimum Gasteiger partial charge on any atom is -0.472 e. The molecule has 0 aliphatic heterocycles. The van der Waals surface area contributed by atoms with E-state index >= 15 is 0 Å². The number of amides is 1. The first-order valence-corrected chi connectivity index (χ1v) is 7.82. The number of benzene rings is 1. The zero-order chi connectivity index (χ0) is 17.1. The fraction of sp³-hybridized carbons (Fsp3) is 0.111. The van der Waals surface area contributed by atoms with E-state index in [1.54, 1.807) is 23.4 Å². The van der Waals surface area contributed by atoms with Crippen LogP contribution in [0, 0.1) is 0 Å². The van der Waals surface area contributed by atoms with Gasteiger partial charge in [0.1, 0.15) is 12.1 Å². The molecule has 0 aliphatic rings. The van der Waals surface area contributed by atoms with Crippen LogP contribution in [0.5, 0.6) is 0 Å². The van der Waals surface area contributed by atoms with Gasteiger partial charge in [0.15, 0.2) is 0 Å². The third kappa shape index (κ3) is 3.25. The van der Waals surface area contributed by atoms with Crippen LogP contribution in [0.3, 0.4) is 0 Å². The van der Waals surface area contributed by atoms with Crippen LogP contribution >= 0.6 is 0 Å². The van der Waals surface area contributed by atoms with E-state index in [-0.39, 0.29) is 12.5 Å². The number of aromatic nitrogens is 4. The highest BCUT2D eigenvalue weighted by molar-refractivity contribution is 5.79. The molecule has 0 spiro atoms. The van der Waals surface area contributed by atoms with Crippen molar-refractivity contribution in [2.75, 3.05) is 0 Å². The van der Waals surface area contributed by atoms with E-state index in [1.807, 2.05) is 42.5 Å². The smallest absolute Gasteiger partial charge is 0.242 e. The monoisotopic (exact) mass is 333 g/mol. The topological polar surface area (TPSA) is 85.8 Å². The summed E-state index contributed by atoms with van der Waals surface area (Å²) in [4.78, 5) is 16.5. The quantitative estimate of drug-likeness (QED) is 0.606. The van der Waals surface area contributed by atoms with Gasteiger partial charge >= 0.3 is 0 Å². The van der Waals surface area contributed by atoms with Crippen molar-refractivity contribution < 1.29 is 9.21 Å². The molecule has 124 valence electrons. The number of fused-ring (bicyclic) bond motifs is 1. The third-order valence-corrected chi connectivity index (χ3v) is 3.84. The Morgan fingerprint density at radius 1 is 1.16 bits per heavy atom. The molecule has 4 aromatic rings. The lowest BCUT2D eigenvalue weighted by molar-refractivity contribution is -0.121. The molecule has 0 radical (unpaired) electrons. The zero-order valence-electron chi connectivity index (χ0n) is 13.3. The first kappa shape index (κ1) is 15.1. The molecule has 0 bridgehead atoms. The molecule has 3 heterocycles. The summed E-state index contributed by atoms with van der Waals surface area (Å²) in [5.74, 6) is -0.130. The Morgan fingerprint density at radius 2 is 2.08 bits per heavy atom. The van der Waals surface area contributed by atoms with E-state index in [2.05, 4.69) is 20.6 Å². The van der Waals surface area contributed by atoms with Gasteiger partial charge in [0.05, 0.1) is 23.7 Å². The number of pyridine rings is 1. The van der Waals surface area contributed by atoms with Crippen molar-refractivity contribution in [3.05, 3.63) is 66.8 Å². The van der Waals surface area contributed by atoms with Crippen molar-refractivity contribution in [3.8, 4) is 11.3 Å². The Morgan fingerprint density at radius 3 is 2.88 bits per heavy atom. The number of hydrogen-bond acceptors (Lipinski definition) is 5. The average molecular weight is 333 g/mol. The summed E-state index contributed by atoms with van der Waals surface area (Å²) < 4.78 is 6.64. The minimum atomic E-state index is -0.130. The van der Waals surface area contributed by atoms with Crippen molar-refractivity contribution in [1.82, 2.24) is 25.3 Å². The molecule has 1 amide bonds. The van der Waals surface area contributed by atoms with Gasteiger partial charge in [0.2, 0.25) is 5.91 Å². The van der Waals surface area contributed by atoms with Crippen molar-refractivity contribution in [1.29, 1.82) is 0 Å². The molecule has 0 saturated carbocycles. The Labute approximate surface area is 143 Å². The molecule has 0 saturated heterocycles. The molecule has 7 nitrogen and oxygen atoms in total. The number of hydrogen-bond donors (Lipinski definition) is 1. The van der Waals surface area contributed by atoms with Crippen LogP contribution in [0.15, 0.2) is 65.6 Å². The molecule has 1 N–H and O–H groups in total. The highest BCUT2D eigenvalue weighted by atomic mass is 16.3. The minimum absolute atomic E-state index is 0.126.